The Hall–Kier alpha value is -1.84. The molecule has 0 aliphatic heterocycles. The lowest BCUT2D eigenvalue weighted by Crippen LogP contribution is -2.10. The Morgan fingerprint density at radius 3 is 2.74 bits per heavy atom. The quantitative estimate of drug-likeness (QED) is 0.874. The lowest BCUT2D eigenvalue weighted by atomic mass is 9.93. The highest BCUT2D eigenvalue weighted by Crippen LogP contribution is 2.30. The van der Waals surface area contributed by atoms with Gasteiger partial charge >= 0.3 is 5.97 Å². The summed E-state index contributed by atoms with van der Waals surface area (Å²) in [6, 6.07) is 5.03. The van der Waals surface area contributed by atoms with Crippen LogP contribution in [-0.2, 0) is 16.0 Å². The highest BCUT2D eigenvalue weighted by Gasteiger charge is 2.25. The Bertz CT molecular complexity index is 507. The van der Waals surface area contributed by atoms with Crippen molar-refractivity contribution in [2.75, 3.05) is 0 Å². The molecule has 0 aromatic heterocycles. The highest BCUT2D eigenvalue weighted by atomic mass is 16.4. The summed E-state index contributed by atoms with van der Waals surface area (Å²) in [6.45, 7) is 1.54. The van der Waals surface area contributed by atoms with Crippen molar-refractivity contribution >= 4 is 11.8 Å². The van der Waals surface area contributed by atoms with Crippen LogP contribution in [0.5, 0.6) is 5.75 Å². The van der Waals surface area contributed by atoms with Crippen LogP contribution < -0.4 is 0 Å². The first-order valence-corrected chi connectivity index (χ1v) is 6.56. The van der Waals surface area contributed by atoms with E-state index in [9.17, 15) is 14.7 Å². The van der Waals surface area contributed by atoms with Crippen molar-refractivity contribution in [3.8, 4) is 5.75 Å². The van der Waals surface area contributed by atoms with Crippen molar-refractivity contribution < 1.29 is 19.8 Å². The van der Waals surface area contributed by atoms with Gasteiger partial charge in [-0.15, -0.1) is 0 Å². The summed E-state index contributed by atoms with van der Waals surface area (Å²) in [7, 11) is 0. The molecule has 0 spiro atoms. The van der Waals surface area contributed by atoms with Crippen molar-refractivity contribution in [1.29, 1.82) is 0 Å². The molecule has 2 rings (SSSR count). The zero-order chi connectivity index (χ0) is 14.0. The summed E-state index contributed by atoms with van der Waals surface area (Å²) in [4.78, 5) is 22.5. The van der Waals surface area contributed by atoms with Crippen LogP contribution in [0, 0.1) is 5.92 Å². The van der Waals surface area contributed by atoms with Crippen LogP contribution in [0.15, 0.2) is 18.2 Å². The normalized spacial score (nSPS) is 20.5. The Morgan fingerprint density at radius 1 is 1.47 bits per heavy atom. The van der Waals surface area contributed by atoms with Crippen molar-refractivity contribution in [3.63, 3.8) is 0 Å². The summed E-state index contributed by atoms with van der Waals surface area (Å²) < 4.78 is 0. The number of phenols is 1. The molecule has 0 bridgehead atoms. The minimum absolute atomic E-state index is 0.00199. The molecule has 1 saturated carbocycles. The van der Waals surface area contributed by atoms with Gasteiger partial charge in [-0.3, -0.25) is 9.59 Å². The molecule has 1 aliphatic carbocycles. The summed E-state index contributed by atoms with van der Waals surface area (Å²) in [5.74, 6) is -1.35. The SMILES string of the molecule is CC(C(=O)O)c1ccc(CC2CCCC2=O)cc1O. The molecule has 2 N–H and O–H groups in total. The van der Waals surface area contributed by atoms with E-state index in [2.05, 4.69) is 0 Å². The molecule has 1 aromatic carbocycles. The Morgan fingerprint density at radius 2 is 2.21 bits per heavy atom. The standard InChI is InChI=1S/C15H18O4/c1-9(15(18)19)12-6-5-10(8-14(12)17)7-11-3-2-4-13(11)16/h5-6,8-9,11,17H,2-4,7H2,1H3,(H,18,19). The van der Waals surface area contributed by atoms with Gasteiger partial charge in [0.1, 0.15) is 11.5 Å². The molecule has 4 heteroatoms. The number of benzene rings is 1. The van der Waals surface area contributed by atoms with Crippen LogP contribution in [0.2, 0.25) is 0 Å². The number of carboxylic acid groups (broad SMARTS) is 1. The van der Waals surface area contributed by atoms with E-state index in [-0.39, 0.29) is 11.7 Å². The Labute approximate surface area is 112 Å². The predicted octanol–water partition coefficient (Wildman–Crippen LogP) is 2.49. The molecule has 102 valence electrons. The summed E-state index contributed by atoms with van der Waals surface area (Å²) in [6.07, 6.45) is 3.15. The maximum atomic E-state index is 11.6. The lowest BCUT2D eigenvalue weighted by Gasteiger charge is -2.12. The number of carbonyl (C=O) groups excluding carboxylic acids is 1. The van der Waals surface area contributed by atoms with Gasteiger partial charge in [-0.1, -0.05) is 12.1 Å². The number of rotatable bonds is 4. The van der Waals surface area contributed by atoms with E-state index >= 15 is 0 Å². The summed E-state index contributed by atoms with van der Waals surface area (Å²) in [5.41, 5.74) is 1.30. The number of Topliss-reactive ketones (excluding diaryl/α,β-unsaturated/α-hetero) is 1. The first-order chi connectivity index (χ1) is 8.99. The molecule has 2 unspecified atom stereocenters. The van der Waals surface area contributed by atoms with E-state index in [4.69, 9.17) is 5.11 Å². The average Bonchev–Trinajstić information content (AvgIpc) is 2.74. The van der Waals surface area contributed by atoms with E-state index < -0.39 is 11.9 Å². The van der Waals surface area contributed by atoms with Crippen LogP contribution in [-0.4, -0.2) is 22.0 Å². The van der Waals surface area contributed by atoms with E-state index in [1.54, 1.807) is 18.2 Å². The monoisotopic (exact) mass is 262 g/mol. The zero-order valence-electron chi connectivity index (χ0n) is 10.9. The van der Waals surface area contributed by atoms with Gasteiger partial charge in [0.25, 0.3) is 0 Å². The third-order valence-corrected chi connectivity index (χ3v) is 3.84. The summed E-state index contributed by atoms with van der Waals surface area (Å²) in [5, 5.41) is 18.8. The van der Waals surface area contributed by atoms with E-state index in [1.807, 2.05) is 0 Å². The minimum Gasteiger partial charge on any atom is -0.508 e. The fraction of sp³-hybridized carbons (Fsp3) is 0.467. The number of hydrogen-bond donors (Lipinski definition) is 2. The van der Waals surface area contributed by atoms with Crippen LogP contribution >= 0.6 is 0 Å². The molecule has 1 fully saturated rings. The van der Waals surface area contributed by atoms with Crippen LogP contribution in [0.1, 0.15) is 43.2 Å². The fourth-order valence-corrected chi connectivity index (χ4v) is 2.60. The minimum atomic E-state index is -0.964. The number of phenolic OH excluding ortho intramolecular Hbond substituents is 1. The Kier molecular flexibility index (Phi) is 3.88. The first kappa shape index (κ1) is 13.6. The van der Waals surface area contributed by atoms with Gasteiger partial charge in [-0.2, -0.15) is 0 Å². The van der Waals surface area contributed by atoms with E-state index in [1.165, 1.54) is 6.92 Å². The number of hydrogen-bond acceptors (Lipinski definition) is 3. The maximum Gasteiger partial charge on any atom is 0.310 e. The van der Waals surface area contributed by atoms with Gasteiger partial charge in [0.15, 0.2) is 0 Å². The molecule has 0 radical (unpaired) electrons. The first-order valence-electron chi connectivity index (χ1n) is 6.56. The topological polar surface area (TPSA) is 74.6 Å². The number of aliphatic carboxylic acids is 1. The van der Waals surface area contributed by atoms with E-state index in [0.717, 1.165) is 18.4 Å². The molecule has 2 atom stereocenters. The van der Waals surface area contributed by atoms with Gasteiger partial charge in [-0.05, 0) is 37.8 Å². The third kappa shape index (κ3) is 2.95. The molecule has 1 aromatic rings. The molecule has 4 nitrogen and oxygen atoms in total. The van der Waals surface area contributed by atoms with Gasteiger partial charge in [-0.25, -0.2) is 0 Å². The van der Waals surface area contributed by atoms with Crippen LogP contribution in [0.25, 0.3) is 0 Å². The largest absolute Gasteiger partial charge is 0.508 e. The van der Waals surface area contributed by atoms with Crippen molar-refractivity contribution in [1.82, 2.24) is 0 Å². The molecule has 19 heavy (non-hydrogen) atoms. The Balaban J connectivity index is 2.14. The molecule has 0 amide bonds. The summed E-state index contributed by atoms with van der Waals surface area (Å²) >= 11 is 0. The number of ketones is 1. The van der Waals surface area contributed by atoms with Gasteiger partial charge < -0.3 is 10.2 Å². The third-order valence-electron chi connectivity index (χ3n) is 3.84. The smallest absolute Gasteiger partial charge is 0.310 e. The average molecular weight is 262 g/mol. The van der Waals surface area contributed by atoms with Gasteiger partial charge in [0.2, 0.25) is 0 Å². The van der Waals surface area contributed by atoms with Crippen LogP contribution in [0.3, 0.4) is 0 Å². The molecule has 0 saturated heterocycles. The lowest BCUT2D eigenvalue weighted by molar-refractivity contribution is -0.138. The fourth-order valence-electron chi connectivity index (χ4n) is 2.60. The van der Waals surface area contributed by atoms with Crippen molar-refractivity contribution in [2.45, 2.75) is 38.5 Å². The molecule has 1 aliphatic rings. The van der Waals surface area contributed by atoms with Gasteiger partial charge in [0.05, 0.1) is 5.92 Å². The van der Waals surface area contributed by atoms with Crippen molar-refractivity contribution in [2.24, 2.45) is 5.92 Å². The highest BCUT2D eigenvalue weighted by molar-refractivity contribution is 5.83. The molecular formula is C15H18O4. The second-order valence-electron chi connectivity index (χ2n) is 5.21. The predicted molar refractivity (Wildman–Crippen MR) is 70.2 cm³/mol. The van der Waals surface area contributed by atoms with E-state index in [0.29, 0.717) is 24.2 Å². The zero-order valence-corrected chi connectivity index (χ0v) is 10.9. The second kappa shape index (κ2) is 5.43. The number of carboxylic acids is 1. The maximum absolute atomic E-state index is 11.6. The number of aromatic hydroxyl groups is 1. The van der Waals surface area contributed by atoms with Crippen LogP contribution in [0.4, 0.5) is 0 Å². The molecular weight excluding hydrogens is 244 g/mol. The molecule has 0 heterocycles. The van der Waals surface area contributed by atoms with Gasteiger partial charge in [0, 0.05) is 17.9 Å². The van der Waals surface area contributed by atoms with Crippen molar-refractivity contribution in [3.05, 3.63) is 29.3 Å². The second-order valence-corrected chi connectivity index (χ2v) is 5.21. The number of carbonyl (C=O) groups is 2.